The Labute approximate surface area is 325 Å². The second-order valence-electron chi connectivity index (χ2n) is 12.7. The molecule has 1 amide bonds. The van der Waals surface area contributed by atoms with Gasteiger partial charge in [-0.1, -0.05) is 11.2 Å². The third kappa shape index (κ3) is 8.59. The summed E-state index contributed by atoms with van der Waals surface area (Å²) >= 11 is 0. The average molecular weight is 770 g/mol. The zero-order valence-corrected chi connectivity index (χ0v) is 32.6. The SMILES string of the molecule is COc1ccc2c(c1)C(=O)NC(c1ccc(OCCCCCCOc3c(OC)cc(-c4cc(-c5cc(OC)c(OC)c(OC)c5)no4)cc3OC)c(OC)c1)N2. The standard InChI is InChI=1S/C42H47N3O11/c1-47-28-13-14-30-29(23-28)42(46)44-41(43-30)25-12-15-32(34(18-25)48-2)54-16-10-8-9-11-17-55-40-37(51-5)21-27(22-38(40)52-6)33-24-31(45-56-33)26-19-35(49-3)39(53-7)36(20-26)50-4/h12-15,18-24,41,43H,8-11,16-17H2,1-7H3,(H,44,46). The van der Waals surface area contributed by atoms with E-state index in [1.807, 2.05) is 48.5 Å². The summed E-state index contributed by atoms with van der Waals surface area (Å²) in [5.41, 5.74) is 4.11. The number of anilines is 1. The van der Waals surface area contributed by atoms with Crippen molar-refractivity contribution in [2.75, 3.05) is 68.3 Å². The van der Waals surface area contributed by atoms with E-state index in [-0.39, 0.29) is 5.91 Å². The minimum Gasteiger partial charge on any atom is -0.497 e. The minimum atomic E-state index is -0.422. The smallest absolute Gasteiger partial charge is 0.255 e. The van der Waals surface area contributed by atoms with Crippen molar-refractivity contribution >= 4 is 11.6 Å². The third-order valence-corrected chi connectivity index (χ3v) is 9.33. The Balaban J connectivity index is 0.989. The summed E-state index contributed by atoms with van der Waals surface area (Å²) in [6.07, 6.45) is 3.13. The van der Waals surface area contributed by atoms with E-state index < -0.39 is 6.17 Å². The molecule has 0 aliphatic carbocycles. The van der Waals surface area contributed by atoms with Crippen LogP contribution in [0, 0.1) is 0 Å². The van der Waals surface area contributed by atoms with Gasteiger partial charge in [-0.25, -0.2) is 0 Å². The first-order valence-corrected chi connectivity index (χ1v) is 18.1. The van der Waals surface area contributed by atoms with Gasteiger partial charge in [0.05, 0.1) is 68.5 Å². The molecule has 5 aromatic rings. The predicted molar refractivity (Wildman–Crippen MR) is 209 cm³/mol. The summed E-state index contributed by atoms with van der Waals surface area (Å²) < 4.78 is 56.7. The van der Waals surface area contributed by atoms with Crippen molar-refractivity contribution in [1.82, 2.24) is 10.5 Å². The fourth-order valence-electron chi connectivity index (χ4n) is 6.37. The Morgan fingerprint density at radius 1 is 0.571 bits per heavy atom. The first-order chi connectivity index (χ1) is 27.3. The van der Waals surface area contributed by atoms with Gasteiger partial charge in [-0.05, 0) is 85.8 Å². The maximum Gasteiger partial charge on any atom is 0.255 e. The highest BCUT2D eigenvalue weighted by Gasteiger charge is 2.26. The molecule has 1 unspecified atom stereocenters. The molecule has 0 radical (unpaired) electrons. The van der Waals surface area contributed by atoms with Gasteiger partial charge in [0.2, 0.25) is 11.5 Å². The summed E-state index contributed by atoms with van der Waals surface area (Å²) in [6, 6.07) is 20.1. The predicted octanol–water partition coefficient (Wildman–Crippen LogP) is 7.94. The lowest BCUT2D eigenvalue weighted by molar-refractivity contribution is 0.0935. The first-order valence-electron chi connectivity index (χ1n) is 18.1. The summed E-state index contributed by atoms with van der Waals surface area (Å²) in [4.78, 5) is 12.8. The molecule has 1 aliphatic heterocycles. The van der Waals surface area contributed by atoms with Crippen molar-refractivity contribution in [2.24, 2.45) is 0 Å². The number of rotatable bonds is 19. The van der Waals surface area contributed by atoms with Crippen LogP contribution in [0.3, 0.4) is 0 Å². The summed E-state index contributed by atoms with van der Waals surface area (Å²) in [5.74, 6) is 5.19. The quantitative estimate of drug-likeness (QED) is 0.0783. The maximum absolute atomic E-state index is 12.8. The summed E-state index contributed by atoms with van der Waals surface area (Å²) in [7, 11) is 11.0. The van der Waals surface area contributed by atoms with Crippen LogP contribution in [0.15, 0.2) is 71.3 Å². The van der Waals surface area contributed by atoms with Crippen LogP contribution in [0.4, 0.5) is 5.69 Å². The molecule has 0 bridgehead atoms. The second-order valence-corrected chi connectivity index (χ2v) is 12.7. The van der Waals surface area contributed by atoms with Crippen molar-refractivity contribution in [3.05, 3.63) is 77.9 Å². The van der Waals surface area contributed by atoms with Crippen LogP contribution in [-0.4, -0.2) is 74.0 Å². The van der Waals surface area contributed by atoms with E-state index in [0.29, 0.717) is 87.5 Å². The molecule has 0 saturated carbocycles. The molecule has 4 aromatic carbocycles. The average Bonchev–Trinajstić information content (AvgIpc) is 3.74. The number of benzene rings is 4. The van der Waals surface area contributed by atoms with Crippen LogP contribution >= 0.6 is 0 Å². The molecule has 0 fully saturated rings. The molecule has 296 valence electrons. The number of aromatic nitrogens is 1. The van der Waals surface area contributed by atoms with Crippen LogP contribution in [0.2, 0.25) is 0 Å². The van der Waals surface area contributed by atoms with E-state index >= 15 is 0 Å². The number of methoxy groups -OCH3 is 7. The van der Waals surface area contributed by atoms with E-state index in [1.54, 1.807) is 68.0 Å². The van der Waals surface area contributed by atoms with Crippen molar-refractivity contribution in [2.45, 2.75) is 31.8 Å². The molecule has 14 heteroatoms. The summed E-state index contributed by atoms with van der Waals surface area (Å²) in [5, 5.41) is 10.6. The number of nitrogens with zero attached hydrogens (tertiary/aromatic N) is 1. The molecule has 1 aromatic heterocycles. The molecule has 0 spiro atoms. The summed E-state index contributed by atoms with van der Waals surface area (Å²) in [6.45, 7) is 0.996. The Bertz CT molecular complexity index is 2080. The number of amides is 1. The molecule has 1 aliphatic rings. The number of carbonyl (C=O) groups is 1. The molecular formula is C42H47N3O11. The molecule has 1 atom stereocenters. The van der Waals surface area contributed by atoms with Gasteiger partial charge in [-0.15, -0.1) is 0 Å². The number of hydrogen-bond donors (Lipinski definition) is 2. The number of fused-ring (bicyclic) bond motifs is 1. The van der Waals surface area contributed by atoms with Crippen LogP contribution in [0.25, 0.3) is 22.6 Å². The van der Waals surface area contributed by atoms with Gasteiger partial charge in [-0.2, -0.15) is 0 Å². The van der Waals surface area contributed by atoms with Gasteiger partial charge in [0, 0.05) is 22.9 Å². The minimum absolute atomic E-state index is 0.184. The number of nitrogens with one attached hydrogen (secondary N) is 2. The normalized spacial score (nSPS) is 13.1. The fourth-order valence-corrected chi connectivity index (χ4v) is 6.37. The molecule has 0 saturated heterocycles. The van der Waals surface area contributed by atoms with E-state index in [2.05, 4.69) is 15.8 Å². The first kappa shape index (κ1) is 39.3. The van der Waals surface area contributed by atoms with Crippen LogP contribution in [0.5, 0.6) is 51.7 Å². The zero-order valence-electron chi connectivity index (χ0n) is 32.6. The molecule has 14 nitrogen and oxygen atoms in total. The molecule has 2 heterocycles. The zero-order chi connectivity index (χ0) is 39.6. The van der Waals surface area contributed by atoms with Gasteiger partial charge >= 0.3 is 0 Å². The Hall–Kier alpha value is -6.44. The number of unbranched alkanes of at least 4 members (excludes halogenated alkanes) is 3. The monoisotopic (exact) mass is 769 g/mol. The van der Waals surface area contributed by atoms with Crippen LogP contribution in [0.1, 0.15) is 47.8 Å². The molecule has 2 N–H and O–H groups in total. The third-order valence-electron chi connectivity index (χ3n) is 9.33. The Morgan fingerprint density at radius 3 is 1.82 bits per heavy atom. The van der Waals surface area contributed by atoms with Gasteiger partial charge in [0.1, 0.15) is 17.6 Å². The largest absolute Gasteiger partial charge is 0.497 e. The van der Waals surface area contributed by atoms with E-state index in [9.17, 15) is 4.79 Å². The van der Waals surface area contributed by atoms with Crippen molar-refractivity contribution in [3.8, 4) is 74.3 Å². The van der Waals surface area contributed by atoms with Crippen molar-refractivity contribution < 1.29 is 51.9 Å². The fraction of sp³-hybridized carbons (Fsp3) is 0.333. The molecule has 6 rings (SSSR count). The Morgan fingerprint density at radius 2 is 1.20 bits per heavy atom. The number of hydrogen-bond acceptors (Lipinski definition) is 13. The lowest BCUT2D eigenvalue weighted by Gasteiger charge is -2.28. The second kappa shape index (κ2) is 18.3. The highest BCUT2D eigenvalue weighted by molar-refractivity contribution is 6.02. The maximum atomic E-state index is 12.8. The number of carbonyl (C=O) groups excluding carboxylic acids is 1. The lowest BCUT2D eigenvalue weighted by atomic mass is 10.0. The molecule has 56 heavy (non-hydrogen) atoms. The lowest BCUT2D eigenvalue weighted by Crippen LogP contribution is -2.38. The molecular weight excluding hydrogens is 722 g/mol. The number of ether oxygens (including phenoxy) is 9. The van der Waals surface area contributed by atoms with Gasteiger partial charge < -0.3 is 57.8 Å². The van der Waals surface area contributed by atoms with Crippen LogP contribution < -0.4 is 53.3 Å². The van der Waals surface area contributed by atoms with E-state index in [1.165, 1.54) is 0 Å². The van der Waals surface area contributed by atoms with Gasteiger partial charge in [0.15, 0.2) is 40.3 Å². The highest BCUT2D eigenvalue weighted by atomic mass is 16.5. The Kier molecular flexibility index (Phi) is 12.8. The van der Waals surface area contributed by atoms with Crippen LogP contribution in [-0.2, 0) is 0 Å². The van der Waals surface area contributed by atoms with E-state index in [4.69, 9.17) is 47.2 Å². The highest BCUT2D eigenvalue weighted by Crippen LogP contribution is 2.44. The van der Waals surface area contributed by atoms with E-state index in [0.717, 1.165) is 42.5 Å². The van der Waals surface area contributed by atoms with Crippen molar-refractivity contribution in [3.63, 3.8) is 0 Å². The van der Waals surface area contributed by atoms with Gasteiger partial charge in [-0.3, -0.25) is 4.79 Å². The topological polar surface area (TPSA) is 150 Å². The van der Waals surface area contributed by atoms with Crippen molar-refractivity contribution in [1.29, 1.82) is 0 Å². The van der Waals surface area contributed by atoms with Gasteiger partial charge in [0.25, 0.3) is 5.91 Å².